The molecule has 1 unspecified atom stereocenters. The van der Waals surface area contributed by atoms with Crippen molar-refractivity contribution in [3.63, 3.8) is 0 Å². The second kappa shape index (κ2) is 6.04. The number of benzene rings is 1. The molecule has 7 heteroatoms. The standard InChI is InChI=1S/C12H12Cl2N4O/c1-7(8-5-3-4-6-9(8)13)15-11-16-10(14)17-12(18-11)19-2/h3-7H,1-2H3,(H,15,16,17,18). The van der Waals surface area contributed by atoms with Crippen LogP contribution in [0.3, 0.4) is 0 Å². The Morgan fingerprint density at radius 3 is 2.58 bits per heavy atom. The Hall–Kier alpha value is -1.59. The minimum absolute atomic E-state index is 0.0701. The van der Waals surface area contributed by atoms with E-state index in [1.807, 2.05) is 31.2 Å². The fourth-order valence-corrected chi connectivity index (χ4v) is 2.04. The molecule has 0 spiro atoms. The number of nitrogens with one attached hydrogen (secondary N) is 1. The summed E-state index contributed by atoms with van der Waals surface area (Å²) in [6.07, 6.45) is 0. The quantitative estimate of drug-likeness (QED) is 0.938. The van der Waals surface area contributed by atoms with Crippen LogP contribution >= 0.6 is 23.2 Å². The van der Waals surface area contributed by atoms with Crippen molar-refractivity contribution in [2.24, 2.45) is 0 Å². The van der Waals surface area contributed by atoms with E-state index in [1.54, 1.807) is 0 Å². The second-order valence-corrected chi connectivity index (χ2v) is 4.55. The molecule has 1 atom stereocenters. The van der Waals surface area contributed by atoms with E-state index in [4.69, 9.17) is 27.9 Å². The summed E-state index contributed by atoms with van der Waals surface area (Å²) in [5.74, 6) is 0.337. The molecular weight excluding hydrogens is 287 g/mol. The fraction of sp³-hybridized carbons (Fsp3) is 0.250. The average molecular weight is 299 g/mol. The Balaban J connectivity index is 2.21. The van der Waals surface area contributed by atoms with Crippen molar-refractivity contribution in [1.29, 1.82) is 0 Å². The van der Waals surface area contributed by atoms with Crippen LogP contribution in [0.5, 0.6) is 6.01 Å². The number of methoxy groups -OCH3 is 1. The number of ether oxygens (including phenoxy) is 1. The zero-order valence-corrected chi connectivity index (χ0v) is 11.9. The van der Waals surface area contributed by atoms with Crippen molar-refractivity contribution in [2.75, 3.05) is 12.4 Å². The molecule has 0 radical (unpaired) electrons. The first kappa shape index (κ1) is 13.8. The molecule has 0 saturated carbocycles. The highest BCUT2D eigenvalue weighted by molar-refractivity contribution is 6.31. The van der Waals surface area contributed by atoms with Crippen molar-refractivity contribution >= 4 is 29.2 Å². The van der Waals surface area contributed by atoms with Crippen LogP contribution in [-0.2, 0) is 0 Å². The molecule has 0 saturated heterocycles. The van der Waals surface area contributed by atoms with E-state index in [1.165, 1.54) is 7.11 Å². The molecule has 0 aliphatic heterocycles. The summed E-state index contributed by atoms with van der Waals surface area (Å²) in [7, 11) is 1.47. The van der Waals surface area contributed by atoms with Gasteiger partial charge in [0.15, 0.2) is 0 Å². The highest BCUT2D eigenvalue weighted by Crippen LogP contribution is 2.25. The van der Waals surface area contributed by atoms with Gasteiger partial charge in [-0.3, -0.25) is 0 Å². The smallest absolute Gasteiger partial charge is 0.322 e. The minimum atomic E-state index is -0.0723. The Kier molecular flexibility index (Phi) is 4.39. The van der Waals surface area contributed by atoms with E-state index < -0.39 is 0 Å². The van der Waals surface area contributed by atoms with E-state index in [9.17, 15) is 0 Å². The Bertz CT molecular complexity index is 579. The minimum Gasteiger partial charge on any atom is -0.467 e. The number of hydrogen-bond acceptors (Lipinski definition) is 5. The molecule has 1 heterocycles. The van der Waals surface area contributed by atoms with Crippen LogP contribution in [0.2, 0.25) is 10.3 Å². The monoisotopic (exact) mass is 298 g/mol. The highest BCUT2D eigenvalue weighted by Gasteiger charge is 2.12. The summed E-state index contributed by atoms with van der Waals surface area (Å²) in [6, 6.07) is 7.64. The molecule has 0 aliphatic carbocycles. The molecule has 100 valence electrons. The van der Waals surface area contributed by atoms with E-state index in [2.05, 4.69) is 20.3 Å². The molecule has 2 aromatic rings. The van der Waals surface area contributed by atoms with Gasteiger partial charge in [0, 0.05) is 5.02 Å². The van der Waals surface area contributed by atoms with Gasteiger partial charge in [-0.15, -0.1) is 0 Å². The van der Waals surface area contributed by atoms with Gasteiger partial charge in [0.1, 0.15) is 0 Å². The van der Waals surface area contributed by atoms with Crippen LogP contribution in [0, 0.1) is 0 Å². The van der Waals surface area contributed by atoms with Gasteiger partial charge in [-0.05, 0) is 30.2 Å². The molecule has 0 amide bonds. The van der Waals surface area contributed by atoms with Gasteiger partial charge >= 0.3 is 6.01 Å². The molecule has 1 aromatic heterocycles. The molecule has 5 nitrogen and oxygen atoms in total. The van der Waals surface area contributed by atoms with E-state index in [-0.39, 0.29) is 17.3 Å². The molecule has 0 bridgehead atoms. The number of halogens is 2. The predicted octanol–water partition coefficient (Wildman–Crippen LogP) is 3.36. The summed E-state index contributed by atoms with van der Waals surface area (Å²) in [5.41, 5.74) is 0.944. The van der Waals surface area contributed by atoms with Gasteiger partial charge < -0.3 is 10.1 Å². The molecule has 19 heavy (non-hydrogen) atoms. The number of rotatable bonds is 4. The zero-order valence-electron chi connectivity index (χ0n) is 10.4. The lowest BCUT2D eigenvalue weighted by Gasteiger charge is -2.15. The van der Waals surface area contributed by atoms with Gasteiger partial charge in [0.05, 0.1) is 13.2 Å². The van der Waals surface area contributed by atoms with Gasteiger partial charge in [0.2, 0.25) is 11.2 Å². The molecule has 0 aliphatic rings. The average Bonchev–Trinajstić information content (AvgIpc) is 2.38. The fourth-order valence-electron chi connectivity index (χ4n) is 1.59. The van der Waals surface area contributed by atoms with Crippen molar-refractivity contribution in [3.8, 4) is 6.01 Å². The number of hydrogen-bond donors (Lipinski definition) is 1. The molecule has 0 fully saturated rings. The lowest BCUT2D eigenvalue weighted by molar-refractivity contribution is 0.378. The zero-order chi connectivity index (χ0) is 13.8. The third-order valence-electron chi connectivity index (χ3n) is 2.49. The summed E-state index contributed by atoms with van der Waals surface area (Å²) in [6.45, 7) is 1.95. The summed E-state index contributed by atoms with van der Waals surface area (Å²) in [5, 5.41) is 3.85. The molecule has 2 rings (SSSR count). The Morgan fingerprint density at radius 2 is 1.89 bits per heavy atom. The largest absolute Gasteiger partial charge is 0.467 e. The van der Waals surface area contributed by atoms with Crippen LogP contribution in [0.25, 0.3) is 0 Å². The number of anilines is 1. The normalized spacial score (nSPS) is 12.0. The lowest BCUT2D eigenvalue weighted by Crippen LogP contribution is -2.11. The number of nitrogens with zero attached hydrogens (tertiary/aromatic N) is 3. The van der Waals surface area contributed by atoms with Crippen LogP contribution in [-0.4, -0.2) is 22.1 Å². The van der Waals surface area contributed by atoms with Crippen LogP contribution in [0.4, 0.5) is 5.95 Å². The van der Waals surface area contributed by atoms with Gasteiger partial charge in [-0.2, -0.15) is 15.0 Å². The lowest BCUT2D eigenvalue weighted by atomic mass is 10.1. The molecular formula is C12H12Cl2N4O. The maximum absolute atomic E-state index is 6.13. The number of aromatic nitrogens is 3. The maximum Gasteiger partial charge on any atom is 0.322 e. The summed E-state index contributed by atoms with van der Waals surface area (Å²) < 4.78 is 4.93. The third kappa shape index (κ3) is 3.45. The Labute approximate surface area is 121 Å². The van der Waals surface area contributed by atoms with Crippen molar-refractivity contribution < 1.29 is 4.74 Å². The molecule has 1 N–H and O–H groups in total. The van der Waals surface area contributed by atoms with E-state index in [0.29, 0.717) is 11.0 Å². The van der Waals surface area contributed by atoms with Crippen molar-refractivity contribution in [3.05, 3.63) is 40.1 Å². The summed E-state index contributed by atoms with van der Waals surface area (Å²) in [4.78, 5) is 11.9. The topological polar surface area (TPSA) is 59.9 Å². The summed E-state index contributed by atoms with van der Waals surface area (Å²) >= 11 is 11.9. The first-order valence-electron chi connectivity index (χ1n) is 5.56. The van der Waals surface area contributed by atoms with Gasteiger partial charge in [-0.25, -0.2) is 0 Å². The Morgan fingerprint density at radius 1 is 1.16 bits per heavy atom. The van der Waals surface area contributed by atoms with Crippen LogP contribution < -0.4 is 10.1 Å². The van der Waals surface area contributed by atoms with Crippen molar-refractivity contribution in [1.82, 2.24) is 15.0 Å². The molecule has 1 aromatic carbocycles. The highest BCUT2D eigenvalue weighted by atomic mass is 35.5. The van der Waals surface area contributed by atoms with Crippen molar-refractivity contribution in [2.45, 2.75) is 13.0 Å². The second-order valence-electron chi connectivity index (χ2n) is 3.80. The SMILES string of the molecule is COc1nc(Cl)nc(NC(C)c2ccccc2Cl)n1. The third-order valence-corrected chi connectivity index (χ3v) is 3.00. The first-order chi connectivity index (χ1) is 9.10. The van der Waals surface area contributed by atoms with Gasteiger partial charge in [-0.1, -0.05) is 29.8 Å². The maximum atomic E-state index is 6.13. The first-order valence-corrected chi connectivity index (χ1v) is 6.32. The van der Waals surface area contributed by atoms with Crippen LogP contribution in [0.15, 0.2) is 24.3 Å². The van der Waals surface area contributed by atoms with Gasteiger partial charge in [0.25, 0.3) is 0 Å². The van der Waals surface area contributed by atoms with Crippen LogP contribution in [0.1, 0.15) is 18.5 Å². The van der Waals surface area contributed by atoms with E-state index >= 15 is 0 Å². The predicted molar refractivity (Wildman–Crippen MR) is 74.9 cm³/mol. The van der Waals surface area contributed by atoms with E-state index in [0.717, 1.165) is 5.56 Å².